The first kappa shape index (κ1) is 14.8. The van der Waals surface area contributed by atoms with Gasteiger partial charge in [-0.3, -0.25) is 0 Å². The molecule has 2 N–H and O–H groups in total. The van der Waals surface area contributed by atoms with Gasteiger partial charge in [-0.1, -0.05) is 11.6 Å². The van der Waals surface area contributed by atoms with Crippen LogP contribution in [0.1, 0.15) is 21.7 Å². The van der Waals surface area contributed by atoms with E-state index in [0.717, 1.165) is 29.9 Å². The van der Waals surface area contributed by atoms with Gasteiger partial charge < -0.3 is 10.4 Å². The number of aromatic carboxylic acids is 1. The summed E-state index contributed by atoms with van der Waals surface area (Å²) in [6, 6.07) is 7.21. The number of carboxylic acid groups (broad SMARTS) is 1. The summed E-state index contributed by atoms with van der Waals surface area (Å²) in [5, 5.41) is 17.3. The van der Waals surface area contributed by atoms with Crippen LogP contribution >= 0.6 is 24.0 Å². The summed E-state index contributed by atoms with van der Waals surface area (Å²) < 4.78 is 1.70. The second-order valence-electron chi connectivity index (χ2n) is 4.39. The van der Waals surface area contributed by atoms with E-state index in [1.807, 2.05) is 12.1 Å². The molecule has 0 atom stereocenters. The molecule has 5 nitrogen and oxygen atoms in total. The molecule has 0 fully saturated rings. The van der Waals surface area contributed by atoms with Gasteiger partial charge in [-0.25, -0.2) is 9.48 Å². The number of fused-ring (bicyclic) bond motifs is 1. The second kappa shape index (κ2) is 5.83. The van der Waals surface area contributed by atoms with Gasteiger partial charge in [0.2, 0.25) is 0 Å². The Labute approximate surface area is 127 Å². The Morgan fingerprint density at radius 3 is 2.70 bits per heavy atom. The molecule has 0 bridgehead atoms. The lowest BCUT2D eigenvalue weighted by molar-refractivity contribution is 0.0688. The molecule has 1 aliphatic heterocycles. The number of carboxylic acids is 1. The zero-order chi connectivity index (χ0) is 13.4. The van der Waals surface area contributed by atoms with Gasteiger partial charge in [0.1, 0.15) is 0 Å². The molecule has 0 amide bonds. The molecular formula is C13H13Cl2N3O2. The molecule has 2 aromatic rings. The third kappa shape index (κ3) is 2.52. The predicted octanol–water partition coefficient (Wildman–Crippen LogP) is 2.29. The molecule has 1 aromatic heterocycles. The maximum absolute atomic E-state index is 11.2. The summed E-state index contributed by atoms with van der Waals surface area (Å²) in [4.78, 5) is 11.2. The fraction of sp³-hybridized carbons (Fsp3) is 0.231. The van der Waals surface area contributed by atoms with Crippen molar-refractivity contribution >= 4 is 30.0 Å². The lowest BCUT2D eigenvalue weighted by atomic mass is 10.1. The average Bonchev–Trinajstić information content (AvgIpc) is 2.79. The third-order valence-corrected chi connectivity index (χ3v) is 3.46. The monoisotopic (exact) mass is 313 g/mol. The van der Waals surface area contributed by atoms with Crippen LogP contribution in [0.4, 0.5) is 0 Å². The van der Waals surface area contributed by atoms with E-state index in [2.05, 4.69) is 10.4 Å². The number of nitrogens with one attached hydrogen (secondary N) is 1. The zero-order valence-corrected chi connectivity index (χ0v) is 12.0. The van der Waals surface area contributed by atoms with Gasteiger partial charge in [0.05, 0.1) is 11.4 Å². The van der Waals surface area contributed by atoms with E-state index in [9.17, 15) is 9.90 Å². The molecule has 7 heteroatoms. The van der Waals surface area contributed by atoms with E-state index < -0.39 is 5.97 Å². The molecule has 0 aliphatic carbocycles. The minimum atomic E-state index is -0.993. The van der Waals surface area contributed by atoms with Crippen LogP contribution in [0.25, 0.3) is 5.69 Å². The Morgan fingerprint density at radius 1 is 1.35 bits per heavy atom. The second-order valence-corrected chi connectivity index (χ2v) is 4.83. The van der Waals surface area contributed by atoms with Crippen LogP contribution in [0.5, 0.6) is 0 Å². The number of carbonyl (C=O) groups is 1. The largest absolute Gasteiger partial charge is 0.476 e. The summed E-state index contributed by atoms with van der Waals surface area (Å²) in [6.07, 6.45) is 0.762. The third-order valence-electron chi connectivity index (χ3n) is 3.20. The first-order chi connectivity index (χ1) is 9.16. The van der Waals surface area contributed by atoms with Crippen LogP contribution < -0.4 is 5.32 Å². The van der Waals surface area contributed by atoms with E-state index in [1.54, 1.807) is 16.8 Å². The summed E-state index contributed by atoms with van der Waals surface area (Å²) in [5.74, 6) is -0.993. The van der Waals surface area contributed by atoms with Gasteiger partial charge in [0.15, 0.2) is 5.69 Å². The summed E-state index contributed by atoms with van der Waals surface area (Å²) in [6.45, 7) is 1.37. The standard InChI is InChI=1S/C13H12ClN3O2.ClH/c14-8-1-3-9(4-2-8)17-11-5-6-15-7-10(11)12(16-17)13(18)19;/h1-4,15H,5-7H2,(H,18,19);1H. The van der Waals surface area contributed by atoms with E-state index in [0.29, 0.717) is 11.6 Å². The minimum absolute atomic E-state index is 0. The molecule has 3 rings (SSSR count). The number of halogens is 2. The van der Waals surface area contributed by atoms with Crippen molar-refractivity contribution in [2.24, 2.45) is 0 Å². The lowest BCUT2D eigenvalue weighted by Gasteiger charge is -2.15. The van der Waals surface area contributed by atoms with E-state index in [-0.39, 0.29) is 18.1 Å². The van der Waals surface area contributed by atoms with Gasteiger partial charge in [-0.05, 0) is 24.3 Å². The van der Waals surface area contributed by atoms with Gasteiger partial charge in [-0.2, -0.15) is 5.10 Å². The van der Waals surface area contributed by atoms with Crippen molar-refractivity contribution in [3.8, 4) is 5.69 Å². The Kier molecular flexibility index (Phi) is 4.32. The molecule has 0 spiro atoms. The van der Waals surface area contributed by atoms with Crippen molar-refractivity contribution in [3.05, 3.63) is 46.2 Å². The van der Waals surface area contributed by atoms with Gasteiger partial charge in [0.25, 0.3) is 0 Å². The highest BCUT2D eigenvalue weighted by molar-refractivity contribution is 6.30. The van der Waals surface area contributed by atoms with Crippen molar-refractivity contribution in [1.82, 2.24) is 15.1 Å². The maximum Gasteiger partial charge on any atom is 0.356 e. The van der Waals surface area contributed by atoms with Gasteiger partial charge >= 0.3 is 5.97 Å². The molecule has 0 unspecified atom stereocenters. The molecular weight excluding hydrogens is 301 g/mol. The number of benzene rings is 1. The van der Waals surface area contributed by atoms with E-state index in [4.69, 9.17) is 11.6 Å². The Bertz CT molecular complexity index is 638. The van der Waals surface area contributed by atoms with Crippen LogP contribution in [0, 0.1) is 0 Å². The minimum Gasteiger partial charge on any atom is -0.476 e. The van der Waals surface area contributed by atoms with Crippen LogP contribution in [0.3, 0.4) is 0 Å². The summed E-state index contributed by atoms with van der Waals surface area (Å²) in [7, 11) is 0. The highest BCUT2D eigenvalue weighted by atomic mass is 35.5. The Hall–Kier alpha value is -1.56. The molecule has 0 saturated carbocycles. The van der Waals surface area contributed by atoms with Gasteiger partial charge in [0, 0.05) is 30.1 Å². The number of aromatic nitrogens is 2. The van der Waals surface area contributed by atoms with Crippen molar-refractivity contribution in [2.45, 2.75) is 13.0 Å². The molecule has 2 heterocycles. The van der Waals surface area contributed by atoms with Crippen molar-refractivity contribution in [2.75, 3.05) is 6.54 Å². The molecule has 1 aliphatic rings. The molecule has 0 saturated heterocycles. The zero-order valence-electron chi connectivity index (χ0n) is 10.5. The van der Waals surface area contributed by atoms with Crippen molar-refractivity contribution in [3.63, 3.8) is 0 Å². The van der Waals surface area contributed by atoms with Crippen LogP contribution in [0.2, 0.25) is 5.02 Å². The van der Waals surface area contributed by atoms with Crippen molar-refractivity contribution in [1.29, 1.82) is 0 Å². The Morgan fingerprint density at radius 2 is 2.05 bits per heavy atom. The number of hydrogen-bond donors (Lipinski definition) is 2. The van der Waals surface area contributed by atoms with Crippen LogP contribution in [0.15, 0.2) is 24.3 Å². The predicted molar refractivity (Wildman–Crippen MR) is 78.2 cm³/mol. The summed E-state index contributed by atoms with van der Waals surface area (Å²) >= 11 is 5.86. The first-order valence-corrected chi connectivity index (χ1v) is 6.35. The fourth-order valence-corrected chi connectivity index (χ4v) is 2.44. The normalized spacial score (nSPS) is 13.4. The average molecular weight is 314 g/mol. The molecule has 106 valence electrons. The fourth-order valence-electron chi connectivity index (χ4n) is 2.32. The van der Waals surface area contributed by atoms with Crippen molar-refractivity contribution < 1.29 is 9.90 Å². The van der Waals surface area contributed by atoms with E-state index >= 15 is 0 Å². The lowest BCUT2D eigenvalue weighted by Crippen LogP contribution is -2.25. The quantitative estimate of drug-likeness (QED) is 0.892. The van der Waals surface area contributed by atoms with Gasteiger partial charge in [-0.15, -0.1) is 12.4 Å². The molecule has 1 aromatic carbocycles. The topological polar surface area (TPSA) is 67.1 Å². The molecule has 20 heavy (non-hydrogen) atoms. The first-order valence-electron chi connectivity index (χ1n) is 5.97. The summed E-state index contributed by atoms with van der Waals surface area (Å²) in [5.41, 5.74) is 2.68. The highest BCUT2D eigenvalue weighted by Crippen LogP contribution is 2.23. The van der Waals surface area contributed by atoms with E-state index in [1.165, 1.54) is 0 Å². The van der Waals surface area contributed by atoms with Crippen LogP contribution in [-0.4, -0.2) is 27.4 Å². The molecule has 0 radical (unpaired) electrons. The number of rotatable bonds is 2. The van der Waals surface area contributed by atoms with Crippen LogP contribution in [-0.2, 0) is 13.0 Å². The number of hydrogen-bond acceptors (Lipinski definition) is 3. The smallest absolute Gasteiger partial charge is 0.356 e. The number of nitrogens with zero attached hydrogens (tertiary/aromatic N) is 2. The SMILES string of the molecule is Cl.O=C(O)c1nn(-c2ccc(Cl)cc2)c2c1CNCC2. The highest BCUT2D eigenvalue weighted by Gasteiger charge is 2.24. The maximum atomic E-state index is 11.2. The Balaban J connectivity index is 0.00000147.